The number of aliphatic carboxylic acids is 1. The van der Waals surface area contributed by atoms with Gasteiger partial charge in [0, 0.05) is 5.38 Å². The molecule has 0 radical (unpaired) electrons. The van der Waals surface area contributed by atoms with Crippen molar-refractivity contribution in [2.75, 3.05) is 6.54 Å². The maximum absolute atomic E-state index is 12.4. The number of imide groups is 1. The average Bonchev–Trinajstić information content (AvgIpc) is 2.99. The van der Waals surface area contributed by atoms with Crippen LogP contribution in [-0.4, -0.2) is 50.4 Å². The third-order valence-corrected chi connectivity index (χ3v) is 4.57. The van der Waals surface area contributed by atoms with Crippen LogP contribution in [0.25, 0.3) is 0 Å². The summed E-state index contributed by atoms with van der Waals surface area (Å²) in [5, 5.41) is 12.0. The fourth-order valence-corrected chi connectivity index (χ4v) is 3.19. The second-order valence-corrected chi connectivity index (χ2v) is 6.45. The standard InChI is InChI=1S/C14H19N3O4S/c1-4-10-15-9(7-22-10)5-16-11(18)6-17(14(16)21)12(8(2)3)13(19)20/h7-8,12H,4-6H2,1-3H3,(H,19,20)/t12-/m0/s1. The van der Waals surface area contributed by atoms with Gasteiger partial charge in [0.25, 0.3) is 5.91 Å². The lowest BCUT2D eigenvalue weighted by Gasteiger charge is -2.26. The van der Waals surface area contributed by atoms with Crippen molar-refractivity contribution in [3.8, 4) is 0 Å². The highest BCUT2D eigenvalue weighted by atomic mass is 32.1. The molecule has 1 aliphatic heterocycles. The van der Waals surface area contributed by atoms with Crippen LogP contribution in [-0.2, 0) is 22.6 Å². The maximum Gasteiger partial charge on any atom is 0.328 e. The minimum absolute atomic E-state index is 0.0924. The third-order valence-electron chi connectivity index (χ3n) is 3.53. The van der Waals surface area contributed by atoms with Gasteiger partial charge in [-0.2, -0.15) is 0 Å². The molecular formula is C14H19N3O4S. The topological polar surface area (TPSA) is 90.8 Å². The van der Waals surface area contributed by atoms with E-state index in [0.29, 0.717) is 5.69 Å². The summed E-state index contributed by atoms with van der Waals surface area (Å²) in [7, 11) is 0. The van der Waals surface area contributed by atoms with E-state index in [-0.39, 0.29) is 24.9 Å². The number of hydrogen-bond donors (Lipinski definition) is 1. The summed E-state index contributed by atoms with van der Waals surface area (Å²) in [5.74, 6) is -1.76. The van der Waals surface area contributed by atoms with Gasteiger partial charge in [0.1, 0.15) is 12.6 Å². The maximum atomic E-state index is 12.4. The van der Waals surface area contributed by atoms with E-state index in [1.165, 1.54) is 11.3 Å². The molecule has 1 atom stereocenters. The lowest BCUT2D eigenvalue weighted by atomic mass is 10.0. The Kier molecular flexibility index (Phi) is 4.80. The molecule has 0 aliphatic carbocycles. The van der Waals surface area contributed by atoms with E-state index in [4.69, 9.17) is 0 Å². The molecule has 1 N–H and O–H groups in total. The second-order valence-electron chi connectivity index (χ2n) is 5.50. The van der Waals surface area contributed by atoms with Crippen molar-refractivity contribution < 1.29 is 19.5 Å². The predicted octanol–water partition coefficient (Wildman–Crippen LogP) is 1.58. The lowest BCUT2D eigenvalue weighted by Crippen LogP contribution is -2.46. The van der Waals surface area contributed by atoms with E-state index >= 15 is 0 Å². The second kappa shape index (κ2) is 6.43. The molecule has 0 bridgehead atoms. The van der Waals surface area contributed by atoms with E-state index in [9.17, 15) is 19.5 Å². The SMILES string of the molecule is CCc1nc(CN2C(=O)CN([C@H](C(=O)O)C(C)C)C2=O)cs1. The number of aryl methyl sites for hydroxylation is 1. The Labute approximate surface area is 132 Å². The van der Waals surface area contributed by atoms with Gasteiger partial charge in [-0.1, -0.05) is 20.8 Å². The average molecular weight is 325 g/mol. The molecule has 0 aromatic carbocycles. The molecule has 22 heavy (non-hydrogen) atoms. The van der Waals surface area contributed by atoms with Gasteiger partial charge < -0.3 is 10.0 Å². The summed E-state index contributed by atoms with van der Waals surface area (Å²) in [5.41, 5.74) is 0.654. The molecule has 0 unspecified atom stereocenters. The van der Waals surface area contributed by atoms with Gasteiger partial charge in [-0.3, -0.25) is 9.69 Å². The highest BCUT2D eigenvalue weighted by molar-refractivity contribution is 7.09. The first kappa shape index (κ1) is 16.4. The summed E-state index contributed by atoms with van der Waals surface area (Å²) in [4.78, 5) is 42.4. The normalized spacial score (nSPS) is 16.7. The van der Waals surface area contributed by atoms with Crippen molar-refractivity contribution in [2.24, 2.45) is 5.92 Å². The Morgan fingerprint density at radius 2 is 2.14 bits per heavy atom. The molecular weight excluding hydrogens is 306 g/mol. The monoisotopic (exact) mass is 325 g/mol. The molecule has 2 heterocycles. The zero-order chi connectivity index (χ0) is 16.4. The highest BCUT2D eigenvalue weighted by Crippen LogP contribution is 2.22. The van der Waals surface area contributed by atoms with Crippen LogP contribution in [0.2, 0.25) is 0 Å². The number of aromatic nitrogens is 1. The van der Waals surface area contributed by atoms with E-state index < -0.39 is 18.0 Å². The minimum Gasteiger partial charge on any atom is -0.480 e. The molecule has 120 valence electrons. The quantitative estimate of drug-likeness (QED) is 0.802. The first-order valence-corrected chi connectivity index (χ1v) is 8.00. The summed E-state index contributed by atoms with van der Waals surface area (Å²) >= 11 is 1.48. The summed E-state index contributed by atoms with van der Waals surface area (Å²) in [6, 6.07) is -1.56. The van der Waals surface area contributed by atoms with Crippen molar-refractivity contribution in [2.45, 2.75) is 39.8 Å². The Bertz CT molecular complexity index is 599. The van der Waals surface area contributed by atoms with E-state index in [2.05, 4.69) is 4.98 Å². The van der Waals surface area contributed by atoms with Crippen molar-refractivity contribution >= 4 is 29.2 Å². The van der Waals surface area contributed by atoms with Crippen LogP contribution in [0.3, 0.4) is 0 Å². The predicted molar refractivity (Wildman–Crippen MR) is 80.4 cm³/mol. The van der Waals surface area contributed by atoms with E-state index in [1.807, 2.05) is 12.3 Å². The summed E-state index contributed by atoms with van der Waals surface area (Å²) in [6.07, 6.45) is 0.799. The summed E-state index contributed by atoms with van der Waals surface area (Å²) < 4.78 is 0. The molecule has 1 fully saturated rings. The fourth-order valence-electron chi connectivity index (χ4n) is 2.46. The number of amides is 3. The van der Waals surface area contributed by atoms with Crippen molar-refractivity contribution in [3.05, 3.63) is 16.1 Å². The van der Waals surface area contributed by atoms with Crippen LogP contribution in [0, 0.1) is 5.92 Å². The molecule has 0 saturated carbocycles. The number of carboxylic acids is 1. The molecule has 1 aromatic rings. The van der Waals surface area contributed by atoms with Gasteiger partial charge >= 0.3 is 12.0 Å². The summed E-state index contributed by atoms with van der Waals surface area (Å²) in [6.45, 7) is 5.31. The lowest BCUT2D eigenvalue weighted by molar-refractivity contribution is -0.143. The number of rotatable bonds is 6. The van der Waals surface area contributed by atoms with Crippen LogP contribution < -0.4 is 0 Å². The van der Waals surface area contributed by atoms with Crippen LogP contribution in [0.1, 0.15) is 31.5 Å². The van der Waals surface area contributed by atoms with Gasteiger partial charge in [-0.05, 0) is 12.3 Å². The molecule has 8 heteroatoms. The zero-order valence-corrected chi connectivity index (χ0v) is 13.6. The molecule has 1 aliphatic rings. The smallest absolute Gasteiger partial charge is 0.328 e. The van der Waals surface area contributed by atoms with Crippen LogP contribution >= 0.6 is 11.3 Å². The third kappa shape index (κ3) is 3.11. The Hall–Kier alpha value is -1.96. The molecule has 2 rings (SSSR count). The number of thiazole rings is 1. The van der Waals surface area contributed by atoms with Crippen LogP contribution in [0.5, 0.6) is 0 Å². The number of carbonyl (C=O) groups excluding carboxylic acids is 2. The van der Waals surface area contributed by atoms with Crippen LogP contribution in [0.15, 0.2) is 5.38 Å². The van der Waals surface area contributed by atoms with E-state index in [1.54, 1.807) is 13.8 Å². The molecule has 1 saturated heterocycles. The molecule has 3 amide bonds. The zero-order valence-electron chi connectivity index (χ0n) is 12.8. The van der Waals surface area contributed by atoms with Gasteiger partial charge in [-0.25, -0.2) is 14.6 Å². The fraction of sp³-hybridized carbons (Fsp3) is 0.571. The Balaban J connectivity index is 2.16. The minimum atomic E-state index is -1.10. The van der Waals surface area contributed by atoms with Crippen molar-refractivity contribution in [1.29, 1.82) is 0 Å². The van der Waals surface area contributed by atoms with Gasteiger partial charge in [0.15, 0.2) is 0 Å². The van der Waals surface area contributed by atoms with Gasteiger partial charge in [-0.15, -0.1) is 11.3 Å². The molecule has 7 nitrogen and oxygen atoms in total. The molecule has 0 spiro atoms. The van der Waals surface area contributed by atoms with Crippen molar-refractivity contribution in [3.63, 3.8) is 0 Å². The number of hydrogen-bond acceptors (Lipinski definition) is 5. The number of nitrogens with zero attached hydrogens (tertiary/aromatic N) is 3. The molecule has 1 aromatic heterocycles. The number of carboxylic acid groups (broad SMARTS) is 1. The van der Waals surface area contributed by atoms with E-state index in [0.717, 1.165) is 21.2 Å². The van der Waals surface area contributed by atoms with Crippen LogP contribution in [0.4, 0.5) is 4.79 Å². The largest absolute Gasteiger partial charge is 0.480 e. The number of urea groups is 1. The van der Waals surface area contributed by atoms with Gasteiger partial charge in [0.2, 0.25) is 0 Å². The highest BCUT2D eigenvalue weighted by Gasteiger charge is 2.43. The number of carbonyl (C=O) groups is 3. The first-order valence-electron chi connectivity index (χ1n) is 7.12. The van der Waals surface area contributed by atoms with Gasteiger partial charge in [0.05, 0.1) is 17.2 Å². The Morgan fingerprint density at radius 1 is 1.45 bits per heavy atom. The Morgan fingerprint density at radius 3 is 2.64 bits per heavy atom. The first-order chi connectivity index (χ1) is 10.3. The van der Waals surface area contributed by atoms with Crippen molar-refractivity contribution in [1.82, 2.24) is 14.8 Å².